The van der Waals surface area contributed by atoms with Crippen molar-refractivity contribution in [2.45, 2.75) is 30.8 Å². The Morgan fingerprint density at radius 2 is 1.57 bits per heavy atom. The zero-order valence-electron chi connectivity index (χ0n) is 20.1. The zero-order chi connectivity index (χ0) is 25.5. The van der Waals surface area contributed by atoms with Crippen LogP contribution in [0.1, 0.15) is 51.8 Å². The Bertz CT molecular complexity index is 1490. The van der Waals surface area contributed by atoms with Gasteiger partial charge in [-0.1, -0.05) is 66.7 Å². The molecule has 4 unspecified atom stereocenters. The van der Waals surface area contributed by atoms with Gasteiger partial charge in [-0.2, -0.15) is 10.5 Å². The second-order valence-corrected chi connectivity index (χ2v) is 9.94. The molecule has 0 aromatic heterocycles. The Hall–Kier alpha value is -4.48. The van der Waals surface area contributed by atoms with Crippen LogP contribution in [-0.2, 0) is 0 Å². The van der Waals surface area contributed by atoms with E-state index < -0.39 is 6.04 Å². The predicted molar refractivity (Wildman–Crippen MR) is 138 cm³/mol. The number of allylic oxidation sites excluding steroid dienone is 1. The monoisotopic (exact) mass is 485 g/mol. The number of ketones is 1. The molecule has 37 heavy (non-hydrogen) atoms. The Labute approximate surface area is 215 Å². The molecule has 1 aliphatic carbocycles. The minimum atomic E-state index is -0.583. The fraction of sp³-hybridized carbons (Fsp3) is 0.219. The number of carbonyl (C=O) groups excluding carboxylic acids is 1. The van der Waals surface area contributed by atoms with Crippen LogP contribution in [0.25, 0.3) is 6.08 Å². The molecule has 2 aliphatic heterocycles. The van der Waals surface area contributed by atoms with E-state index in [9.17, 15) is 19.7 Å². The van der Waals surface area contributed by atoms with Crippen LogP contribution in [0.15, 0.2) is 96.2 Å². The van der Waals surface area contributed by atoms with Gasteiger partial charge in [0.15, 0.2) is 5.78 Å². The number of hydrogen-bond acceptors (Lipinski definition) is 4. The summed E-state index contributed by atoms with van der Waals surface area (Å²) in [6, 6.07) is 27.2. The van der Waals surface area contributed by atoms with E-state index in [0.717, 1.165) is 35.1 Å². The van der Waals surface area contributed by atoms with Gasteiger partial charge < -0.3 is 4.90 Å². The topological polar surface area (TPSA) is 67.9 Å². The van der Waals surface area contributed by atoms with E-state index in [1.165, 1.54) is 12.1 Å². The first-order valence-electron chi connectivity index (χ1n) is 12.6. The lowest BCUT2D eigenvalue weighted by molar-refractivity contribution is 0.0874. The first kappa shape index (κ1) is 23.0. The highest BCUT2D eigenvalue weighted by Crippen LogP contribution is 2.59. The van der Waals surface area contributed by atoms with Crippen molar-refractivity contribution in [2.75, 3.05) is 0 Å². The van der Waals surface area contributed by atoms with Gasteiger partial charge in [-0.3, -0.25) is 4.79 Å². The van der Waals surface area contributed by atoms with Crippen molar-refractivity contribution >= 4 is 11.9 Å². The van der Waals surface area contributed by atoms with E-state index in [4.69, 9.17) is 0 Å². The molecule has 3 aliphatic rings. The molecule has 5 heteroatoms. The number of fused-ring (bicyclic) bond motifs is 3. The fourth-order valence-corrected chi connectivity index (χ4v) is 6.28. The Morgan fingerprint density at radius 1 is 0.892 bits per heavy atom. The molecule has 0 spiro atoms. The molecule has 3 aromatic carbocycles. The highest BCUT2D eigenvalue weighted by molar-refractivity contribution is 6.01. The Balaban J connectivity index is 1.63. The molecule has 2 fully saturated rings. The zero-order valence-corrected chi connectivity index (χ0v) is 20.1. The van der Waals surface area contributed by atoms with Crippen molar-refractivity contribution in [2.24, 2.45) is 11.8 Å². The summed E-state index contributed by atoms with van der Waals surface area (Å²) in [6.45, 7) is 0. The summed E-state index contributed by atoms with van der Waals surface area (Å²) in [7, 11) is 0. The summed E-state index contributed by atoms with van der Waals surface area (Å²) in [5.74, 6) is -0.915. The standard InChI is InChI=1S/C32H24FN3O/c33-25-14-12-22(13-15-25)28-29(27(21-10-11-21)24(18-34)19-35)30-26-9-5-4-6-20(26)16-17-36(30)31(28)32(37)23-7-2-1-3-8-23/h1-9,12-17,21,28-31H,10-11H2. The highest BCUT2D eigenvalue weighted by Gasteiger charge is 2.56. The summed E-state index contributed by atoms with van der Waals surface area (Å²) >= 11 is 0. The molecule has 6 rings (SSSR count). The van der Waals surface area contributed by atoms with Crippen molar-refractivity contribution in [3.63, 3.8) is 0 Å². The molecular weight excluding hydrogens is 461 g/mol. The molecule has 4 atom stereocenters. The molecule has 0 N–H and O–H groups in total. The molecule has 1 saturated heterocycles. The first-order valence-corrected chi connectivity index (χ1v) is 12.6. The molecule has 2 heterocycles. The van der Waals surface area contributed by atoms with Gasteiger partial charge in [0, 0.05) is 23.6 Å². The van der Waals surface area contributed by atoms with Crippen molar-refractivity contribution in [1.82, 2.24) is 4.90 Å². The predicted octanol–water partition coefficient (Wildman–Crippen LogP) is 6.57. The quantitative estimate of drug-likeness (QED) is 0.303. The third-order valence-corrected chi connectivity index (χ3v) is 7.92. The highest BCUT2D eigenvalue weighted by atomic mass is 19.1. The maximum atomic E-state index is 14.2. The van der Waals surface area contributed by atoms with Crippen LogP contribution >= 0.6 is 0 Å². The van der Waals surface area contributed by atoms with Crippen LogP contribution < -0.4 is 0 Å². The third-order valence-electron chi connectivity index (χ3n) is 7.92. The number of Topliss-reactive ketones (excluding diaryl/α,β-unsaturated/α-hetero) is 1. The molecule has 1 saturated carbocycles. The minimum Gasteiger partial charge on any atom is -0.359 e. The van der Waals surface area contributed by atoms with Gasteiger partial charge in [-0.25, -0.2) is 4.39 Å². The maximum Gasteiger partial charge on any atom is 0.185 e. The molecule has 4 nitrogen and oxygen atoms in total. The molecule has 0 amide bonds. The summed E-state index contributed by atoms with van der Waals surface area (Å²) in [5, 5.41) is 20.0. The lowest BCUT2D eigenvalue weighted by atomic mass is 9.72. The van der Waals surface area contributed by atoms with E-state index in [0.29, 0.717) is 5.56 Å². The lowest BCUT2D eigenvalue weighted by Crippen LogP contribution is -2.37. The summed E-state index contributed by atoms with van der Waals surface area (Å²) in [5.41, 5.74) is 4.53. The van der Waals surface area contributed by atoms with Gasteiger partial charge in [0.1, 0.15) is 23.5 Å². The van der Waals surface area contributed by atoms with E-state index in [-0.39, 0.29) is 41.0 Å². The van der Waals surface area contributed by atoms with Crippen molar-refractivity contribution < 1.29 is 9.18 Å². The normalized spacial score (nSPS) is 23.4. The van der Waals surface area contributed by atoms with E-state index in [1.54, 1.807) is 12.1 Å². The maximum absolute atomic E-state index is 14.2. The van der Waals surface area contributed by atoms with Crippen molar-refractivity contribution in [3.8, 4) is 12.1 Å². The minimum absolute atomic E-state index is 0.0305. The fourth-order valence-electron chi connectivity index (χ4n) is 6.28. The van der Waals surface area contributed by atoms with Crippen LogP contribution in [0.3, 0.4) is 0 Å². The van der Waals surface area contributed by atoms with Crippen LogP contribution in [0.4, 0.5) is 4.39 Å². The second kappa shape index (κ2) is 9.19. The first-order chi connectivity index (χ1) is 18.1. The van der Waals surface area contributed by atoms with E-state index >= 15 is 0 Å². The lowest BCUT2D eigenvalue weighted by Gasteiger charge is -2.35. The smallest absolute Gasteiger partial charge is 0.185 e. The van der Waals surface area contributed by atoms with Crippen molar-refractivity contribution in [1.29, 1.82) is 10.5 Å². The molecular formula is C32H24FN3O. The molecule has 3 aromatic rings. The third kappa shape index (κ3) is 3.85. The number of nitriles is 2. The van der Waals surface area contributed by atoms with Gasteiger partial charge in [-0.15, -0.1) is 0 Å². The Kier molecular flexibility index (Phi) is 5.70. The number of carbonyl (C=O) groups is 1. The van der Waals surface area contributed by atoms with Gasteiger partial charge in [0.25, 0.3) is 0 Å². The van der Waals surface area contributed by atoms with Gasteiger partial charge in [-0.05, 0) is 59.2 Å². The number of halogens is 1. The molecule has 180 valence electrons. The average Bonchev–Trinajstić information content (AvgIpc) is 3.72. The number of benzene rings is 3. The van der Waals surface area contributed by atoms with Gasteiger partial charge in [0.2, 0.25) is 0 Å². The van der Waals surface area contributed by atoms with Crippen molar-refractivity contribution in [3.05, 3.63) is 124 Å². The van der Waals surface area contributed by atoms with Crippen LogP contribution in [0, 0.1) is 40.3 Å². The SMILES string of the molecule is N#CC(C#N)=C(C1CC1)C1C(c2ccc(F)cc2)C(C(=O)c2ccccc2)N2C=Cc3ccccc3C12. The van der Waals surface area contributed by atoms with Crippen LogP contribution in [-0.4, -0.2) is 16.7 Å². The van der Waals surface area contributed by atoms with Crippen LogP contribution in [0.2, 0.25) is 0 Å². The summed E-state index contributed by atoms with van der Waals surface area (Å²) < 4.78 is 14.0. The number of nitrogens with zero attached hydrogens (tertiary/aromatic N) is 3. The van der Waals surface area contributed by atoms with E-state index in [2.05, 4.69) is 29.2 Å². The largest absolute Gasteiger partial charge is 0.359 e. The second-order valence-electron chi connectivity index (χ2n) is 9.94. The molecule has 0 radical (unpaired) electrons. The molecule has 0 bridgehead atoms. The number of hydrogen-bond donors (Lipinski definition) is 0. The average molecular weight is 486 g/mol. The number of rotatable bonds is 5. The van der Waals surface area contributed by atoms with Crippen LogP contribution in [0.5, 0.6) is 0 Å². The van der Waals surface area contributed by atoms with Gasteiger partial charge in [0.05, 0.1) is 12.1 Å². The summed E-state index contributed by atoms with van der Waals surface area (Å²) in [4.78, 5) is 16.3. The van der Waals surface area contributed by atoms with E-state index in [1.807, 2.05) is 54.7 Å². The summed E-state index contributed by atoms with van der Waals surface area (Å²) in [6.07, 6.45) is 5.84. The van der Waals surface area contributed by atoms with Gasteiger partial charge >= 0.3 is 0 Å². The Morgan fingerprint density at radius 3 is 2.24 bits per heavy atom.